The van der Waals surface area contributed by atoms with Crippen molar-refractivity contribution in [3.63, 3.8) is 0 Å². The highest BCUT2D eigenvalue weighted by molar-refractivity contribution is 5.87. The van der Waals surface area contributed by atoms with Crippen LogP contribution in [-0.4, -0.2) is 42.3 Å². The van der Waals surface area contributed by atoms with Crippen LogP contribution in [0.15, 0.2) is 15.7 Å². The van der Waals surface area contributed by atoms with Crippen molar-refractivity contribution in [2.75, 3.05) is 25.1 Å². The number of aryl methyl sites for hydroxylation is 1. The molecule has 0 spiro atoms. The molecule has 1 unspecified atom stereocenters. The summed E-state index contributed by atoms with van der Waals surface area (Å²) in [6, 6.07) is 3.51. The number of methoxy groups -OCH3 is 1. The Balaban J connectivity index is 0.000000561. The summed E-state index contributed by atoms with van der Waals surface area (Å²) < 4.78 is 21.3. The first kappa shape index (κ1) is 30.8. The predicted octanol–water partition coefficient (Wildman–Crippen LogP) is 3.77. The average molecular weight is 506 g/mol. The molecule has 1 aliphatic heterocycles. The summed E-state index contributed by atoms with van der Waals surface area (Å²) >= 11 is 0. The molecule has 1 saturated heterocycles. The fraction of sp³-hybridized carbons (Fsp3) is 0.615. The second-order valence-electron chi connectivity index (χ2n) is 8.81. The van der Waals surface area contributed by atoms with Gasteiger partial charge >= 0.3 is 5.69 Å². The van der Waals surface area contributed by atoms with E-state index >= 15 is 0 Å². The second kappa shape index (κ2) is 15.0. The highest BCUT2D eigenvalue weighted by atomic mass is 19.1. The second-order valence-corrected chi connectivity index (χ2v) is 8.81. The lowest BCUT2D eigenvalue weighted by molar-refractivity contribution is -0.106. The van der Waals surface area contributed by atoms with E-state index in [0.29, 0.717) is 41.8 Å². The van der Waals surface area contributed by atoms with Crippen LogP contribution >= 0.6 is 0 Å². The number of hydrogen-bond acceptors (Lipinski definition) is 6. The molecule has 1 aromatic carbocycles. The normalized spacial score (nSPS) is 16.2. The fourth-order valence-corrected chi connectivity index (χ4v) is 4.18. The van der Waals surface area contributed by atoms with E-state index in [1.807, 2.05) is 32.6 Å². The zero-order chi connectivity index (χ0) is 27.4. The van der Waals surface area contributed by atoms with Crippen LogP contribution in [0.25, 0.3) is 10.9 Å². The zero-order valence-corrected chi connectivity index (χ0v) is 22.3. The van der Waals surface area contributed by atoms with E-state index in [4.69, 9.17) is 14.8 Å². The third-order valence-corrected chi connectivity index (χ3v) is 6.04. The minimum atomic E-state index is -0.538. The van der Waals surface area contributed by atoms with Gasteiger partial charge in [0.1, 0.15) is 5.82 Å². The molecule has 2 aromatic rings. The van der Waals surface area contributed by atoms with Crippen molar-refractivity contribution < 1.29 is 13.9 Å². The third-order valence-electron chi connectivity index (χ3n) is 6.04. The molecule has 2 heterocycles. The molecule has 1 atom stereocenters. The Bertz CT molecular complexity index is 1150. The lowest BCUT2D eigenvalue weighted by Crippen LogP contribution is -2.31. The molecular weight excluding hydrogens is 465 g/mol. The summed E-state index contributed by atoms with van der Waals surface area (Å²) in [6.45, 7) is 11.2. The topological polar surface area (TPSA) is 134 Å². The molecule has 0 radical (unpaired) electrons. The van der Waals surface area contributed by atoms with Gasteiger partial charge in [-0.2, -0.15) is 5.26 Å². The number of hydrogen-bond donors (Lipinski definition) is 2. The highest BCUT2D eigenvalue weighted by Crippen LogP contribution is 2.39. The predicted molar refractivity (Wildman–Crippen MR) is 141 cm³/mol. The number of carbonyl (C=O) groups is 1. The van der Waals surface area contributed by atoms with Gasteiger partial charge in [-0.1, -0.05) is 13.8 Å². The number of benzene rings is 1. The van der Waals surface area contributed by atoms with Crippen LogP contribution in [0.3, 0.4) is 0 Å². The number of nitrogens with one attached hydrogen (secondary N) is 1. The van der Waals surface area contributed by atoms with Crippen LogP contribution in [0.5, 0.6) is 0 Å². The van der Waals surface area contributed by atoms with Crippen LogP contribution in [0, 0.1) is 30.0 Å². The first-order chi connectivity index (χ1) is 17.2. The molecule has 200 valence electrons. The molecule has 1 aromatic heterocycles. The van der Waals surface area contributed by atoms with Gasteiger partial charge in [-0.25, -0.2) is 9.18 Å². The standard InChI is InChI=1S/C19H21FN4O2.C4H10O.C2H6.CH3NO/c1-11-16-14(18(25)22-19(26)24(16)13-4-5-13)9-15(20)17(11)23-8-6-12(10-23)3-2-7-21;1-4(2)5-3;1-2;2-1-3/h9,12-13H,2-6,8,10H2,1H3,(H,22,25,26);4H,1-3H3;1-2H3;1H,(H2,2,3). The number of amides is 1. The molecule has 2 aliphatic rings. The number of ether oxygens (including phenoxy) is 1. The summed E-state index contributed by atoms with van der Waals surface area (Å²) in [7, 11) is 1.70. The van der Waals surface area contributed by atoms with Crippen molar-refractivity contribution >= 4 is 23.0 Å². The van der Waals surface area contributed by atoms with E-state index in [1.165, 1.54) is 6.07 Å². The van der Waals surface area contributed by atoms with Gasteiger partial charge in [-0.05, 0) is 58.4 Å². The average Bonchev–Trinajstić information content (AvgIpc) is 3.58. The van der Waals surface area contributed by atoms with Gasteiger partial charge in [0.2, 0.25) is 6.41 Å². The highest BCUT2D eigenvalue weighted by Gasteiger charge is 2.31. The molecule has 1 amide bonds. The van der Waals surface area contributed by atoms with Crippen molar-refractivity contribution in [1.82, 2.24) is 9.55 Å². The Morgan fingerprint density at radius 1 is 1.31 bits per heavy atom. The Morgan fingerprint density at radius 3 is 2.39 bits per heavy atom. The maximum absolute atomic E-state index is 14.9. The van der Waals surface area contributed by atoms with Gasteiger partial charge in [0.05, 0.1) is 28.8 Å². The molecule has 1 aliphatic carbocycles. The first-order valence-corrected chi connectivity index (χ1v) is 12.5. The molecule has 0 bridgehead atoms. The van der Waals surface area contributed by atoms with Gasteiger partial charge in [0.25, 0.3) is 5.56 Å². The number of aromatic nitrogens is 2. The van der Waals surface area contributed by atoms with Crippen LogP contribution in [-0.2, 0) is 9.53 Å². The van der Waals surface area contributed by atoms with Gasteiger partial charge in [0.15, 0.2) is 0 Å². The van der Waals surface area contributed by atoms with Gasteiger partial charge < -0.3 is 15.4 Å². The number of nitrogens with zero attached hydrogens (tertiary/aromatic N) is 3. The Kier molecular flexibility index (Phi) is 12.9. The van der Waals surface area contributed by atoms with Crippen LogP contribution in [0.2, 0.25) is 0 Å². The molecule has 1 saturated carbocycles. The summed E-state index contributed by atoms with van der Waals surface area (Å²) in [5.41, 5.74) is 4.90. The van der Waals surface area contributed by atoms with Crippen molar-refractivity contribution in [1.29, 1.82) is 5.26 Å². The maximum atomic E-state index is 14.9. The fourth-order valence-electron chi connectivity index (χ4n) is 4.18. The largest absolute Gasteiger partial charge is 0.382 e. The van der Waals surface area contributed by atoms with E-state index in [-0.39, 0.29) is 17.8 Å². The number of carbonyl (C=O) groups excluding carboxylic acids is 1. The molecule has 2 fully saturated rings. The number of halogens is 1. The summed E-state index contributed by atoms with van der Waals surface area (Å²) in [6.07, 6.45) is 4.67. The maximum Gasteiger partial charge on any atom is 0.329 e. The number of primary amides is 1. The van der Waals surface area contributed by atoms with Gasteiger partial charge in [-0.15, -0.1) is 0 Å². The smallest absolute Gasteiger partial charge is 0.329 e. The van der Waals surface area contributed by atoms with Crippen molar-refractivity contribution in [3.05, 3.63) is 38.3 Å². The third kappa shape index (κ3) is 7.92. The molecular formula is C26H40FN5O4. The number of H-pyrrole nitrogens is 1. The van der Waals surface area contributed by atoms with Crippen molar-refractivity contribution in [2.45, 2.75) is 78.9 Å². The number of aromatic amines is 1. The number of nitriles is 1. The summed E-state index contributed by atoms with van der Waals surface area (Å²) in [5.74, 6) is -0.0589. The van der Waals surface area contributed by atoms with Crippen molar-refractivity contribution in [3.8, 4) is 6.07 Å². The summed E-state index contributed by atoms with van der Waals surface area (Å²) in [4.78, 5) is 37.5. The molecule has 9 nitrogen and oxygen atoms in total. The Morgan fingerprint density at radius 2 is 1.89 bits per heavy atom. The van der Waals surface area contributed by atoms with Crippen LogP contribution < -0.4 is 21.9 Å². The van der Waals surface area contributed by atoms with Crippen LogP contribution in [0.1, 0.15) is 71.4 Å². The number of nitrogens with two attached hydrogens (primary N) is 1. The van der Waals surface area contributed by atoms with Gasteiger partial charge in [-0.3, -0.25) is 19.1 Å². The Labute approximate surface area is 212 Å². The van der Waals surface area contributed by atoms with Gasteiger partial charge in [0, 0.05) is 38.2 Å². The molecule has 10 heteroatoms. The number of rotatable bonds is 5. The Hall–Kier alpha value is -3.19. The lowest BCUT2D eigenvalue weighted by Gasteiger charge is -2.24. The SMILES string of the molecule is CC.COC(C)C.Cc1c(N2CCC(CCC#N)C2)c(F)cc2c(=O)[nH]c(=O)n(C3CC3)c12.NC=O. The number of fused-ring (bicyclic) bond motifs is 1. The summed E-state index contributed by atoms with van der Waals surface area (Å²) in [5, 5.41) is 9.00. The monoisotopic (exact) mass is 505 g/mol. The first-order valence-electron chi connectivity index (χ1n) is 12.5. The minimum Gasteiger partial charge on any atom is -0.382 e. The minimum absolute atomic E-state index is 0.0841. The van der Waals surface area contributed by atoms with E-state index in [0.717, 1.165) is 32.2 Å². The zero-order valence-electron chi connectivity index (χ0n) is 22.3. The van der Waals surface area contributed by atoms with E-state index < -0.39 is 17.1 Å². The quantitative estimate of drug-likeness (QED) is 0.594. The molecule has 36 heavy (non-hydrogen) atoms. The number of anilines is 1. The van der Waals surface area contributed by atoms with Crippen molar-refractivity contribution in [2.24, 2.45) is 11.7 Å². The van der Waals surface area contributed by atoms with E-state index in [2.05, 4.69) is 16.8 Å². The van der Waals surface area contributed by atoms with E-state index in [1.54, 1.807) is 18.6 Å². The van der Waals surface area contributed by atoms with Crippen LogP contribution in [0.4, 0.5) is 10.1 Å². The molecule has 4 rings (SSSR count). The van der Waals surface area contributed by atoms with E-state index in [9.17, 15) is 14.0 Å². The lowest BCUT2D eigenvalue weighted by atomic mass is 10.0. The molecule has 3 N–H and O–H groups in total.